The Labute approximate surface area is 166 Å². The van der Waals surface area contributed by atoms with E-state index in [-0.39, 0.29) is 5.75 Å². The lowest BCUT2D eigenvalue weighted by Gasteiger charge is -2.23. The fraction of sp³-hybridized carbons (Fsp3) is 0.682. The summed E-state index contributed by atoms with van der Waals surface area (Å²) in [4.78, 5) is 1.95. The highest BCUT2D eigenvalue weighted by atomic mass is 32.1. The number of hydrogen-bond acceptors (Lipinski definition) is 2. The lowest BCUT2D eigenvalue weighted by atomic mass is 10.0. The van der Waals surface area contributed by atoms with E-state index in [1.54, 1.807) is 12.1 Å². The van der Waals surface area contributed by atoms with Crippen molar-refractivity contribution < 1.29 is 5.11 Å². The number of nitrogens with two attached hydrogens (primary N) is 1. The van der Waals surface area contributed by atoms with E-state index < -0.39 is 0 Å². The number of aromatic hydroxyl groups is 1. The number of hydrogen-bond donors (Lipinski definition) is 2. The number of rotatable bonds is 15. The van der Waals surface area contributed by atoms with Crippen molar-refractivity contribution in [2.45, 2.75) is 90.4 Å². The minimum absolute atomic E-state index is 0.262. The van der Waals surface area contributed by atoms with Crippen LogP contribution in [0.3, 0.4) is 0 Å². The van der Waals surface area contributed by atoms with Crippen LogP contribution in [0.5, 0.6) is 5.75 Å². The number of thiocarbonyl (C=S) groups is 1. The maximum absolute atomic E-state index is 9.39. The van der Waals surface area contributed by atoms with Crippen molar-refractivity contribution in [2.75, 3.05) is 11.4 Å². The van der Waals surface area contributed by atoms with Gasteiger partial charge in [-0.15, -0.1) is 0 Å². The largest absolute Gasteiger partial charge is 0.508 e. The molecule has 0 aliphatic carbocycles. The van der Waals surface area contributed by atoms with E-state index >= 15 is 0 Å². The van der Waals surface area contributed by atoms with Gasteiger partial charge in [-0.1, -0.05) is 84.0 Å². The number of anilines is 1. The molecule has 4 heteroatoms. The molecule has 0 amide bonds. The lowest BCUT2D eigenvalue weighted by molar-refractivity contribution is 0.475. The van der Waals surface area contributed by atoms with Gasteiger partial charge in [-0.05, 0) is 42.9 Å². The summed E-state index contributed by atoms with van der Waals surface area (Å²) in [5.41, 5.74) is 6.80. The predicted octanol–water partition coefficient (Wildman–Crippen LogP) is 6.53. The molecule has 0 aliphatic rings. The molecule has 0 atom stereocenters. The van der Waals surface area contributed by atoms with Crippen molar-refractivity contribution in [1.29, 1.82) is 0 Å². The van der Waals surface area contributed by atoms with Gasteiger partial charge < -0.3 is 15.7 Å². The highest BCUT2D eigenvalue weighted by Gasteiger charge is 2.08. The van der Waals surface area contributed by atoms with Crippen molar-refractivity contribution >= 4 is 23.0 Å². The van der Waals surface area contributed by atoms with Crippen LogP contribution in [0.25, 0.3) is 0 Å². The van der Waals surface area contributed by atoms with Gasteiger partial charge in [0, 0.05) is 12.2 Å². The molecule has 0 heterocycles. The maximum Gasteiger partial charge on any atom is 0.170 e. The van der Waals surface area contributed by atoms with E-state index in [0.717, 1.165) is 18.7 Å². The van der Waals surface area contributed by atoms with Crippen LogP contribution in [-0.2, 0) is 0 Å². The molecule has 26 heavy (non-hydrogen) atoms. The fourth-order valence-corrected chi connectivity index (χ4v) is 3.48. The molecular weight excluding hydrogens is 340 g/mol. The molecule has 0 unspecified atom stereocenters. The van der Waals surface area contributed by atoms with Crippen LogP contribution in [0.1, 0.15) is 90.4 Å². The zero-order valence-corrected chi connectivity index (χ0v) is 17.4. The van der Waals surface area contributed by atoms with Gasteiger partial charge >= 0.3 is 0 Å². The highest BCUT2D eigenvalue weighted by Crippen LogP contribution is 2.19. The Morgan fingerprint density at radius 2 is 1.23 bits per heavy atom. The van der Waals surface area contributed by atoms with E-state index in [0.29, 0.717) is 5.11 Å². The first-order valence-corrected chi connectivity index (χ1v) is 10.9. The number of benzene rings is 1. The first kappa shape index (κ1) is 22.8. The SMILES string of the molecule is CCCCCCCCCCCCCCCN(C(N)=S)c1ccc(O)cc1. The summed E-state index contributed by atoms with van der Waals surface area (Å²) in [6, 6.07) is 7.06. The number of phenols is 1. The van der Waals surface area contributed by atoms with Gasteiger partial charge in [0.25, 0.3) is 0 Å². The fourth-order valence-electron chi connectivity index (χ4n) is 3.29. The molecule has 3 N–H and O–H groups in total. The monoisotopic (exact) mass is 378 g/mol. The smallest absolute Gasteiger partial charge is 0.170 e. The predicted molar refractivity (Wildman–Crippen MR) is 118 cm³/mol. The van der Waals surface area contributed by atoms with E-state index in [1.807, 2.05) is 17.0 Å². The molecule has 1 aromatic rings. The Kier molecular flexibility index (Phi) is 13.0. The van der Waals surface area contributed by atoms with E-state index in [4.69, 9.17) is 18.0 Å². The van der Waals surface area contributed by atoms with Crippen LogP contribution in [-0.4, -0.2) is 16.8 Å². The van der Waals surface area contributed by atoms with Crippen molar-refractivity contribution in [3.8, 4) is 5.75 Å². The third kappa shape index (κ3) is 10.6. The highest BCUT2D eigenvalue weighted by molar-refractivity contribution is 7.80. The van der Waals surface area contributed by atoms with Crippen LogP contribution in [0, 0.1) is 0 Å². The summed E-state index contributed by atoms with van der Waals surface area (Å²) in [5.74, 6) is 0.262. The average molecular weight is 379 g/mol. The van der Waals surface area contributed by atoms with Gasteiger partial charge in [0.1, 0.15) is 5.75 Å². The summed E-state index contributed by atoms with van der Waals surface area (Å²) in [7, 11) is 0. The number of phenolic OH excluding ortho intramolecular Hbond substituents is 1. The third-order valence-corrected chi connectivity index (χ3v) is 5.13. The minimum Gasteiger partial charge on any atom is -0.508 e. The molecule has 0 spiro atoms. The average Bonchev–Trinajstić information content (AvgIpc) is 2.63. The Hall–Kier alpha value is -1.29. The Balaban J connectivity index is 2.01. The second-order valence-corrected chi connectivity index (χ2v) is 7.67. The summed E-state index contributed by atoms with van der Waals surface area (Å²) in [5, 5.41) is 9.79. The van der Waals surface area contributed by atoms with Crippen molar-refractivity contribution in [3.63, 3.8) is 0 Å². The molecule has 1 aromatic carbocycles. The quantitative estimate of drug-likeness (QED) is 0.269. The molecule has 0 radical (unpaired) electrons. The second-order valence-electron chi connectivity index (χ2n) is 7.25. The molecule has 148 valence electrons. The van der Waals surface area contributed by atoms with Crippen LogP contribution in [0.4, 0.5) is 5.69 Å². The third-order valence-electron chi connectivity index (χ3n) is 4.91. The van der Waals surface area contributed by atoms with Crippen molar-refractivity contribution in [3.05, 3.63) is 24.3 Å². The van der Waals surface area contributed by atoms with E-state index in [9.17, 15) is 5.11 Å². The summed E-state index contributed by atoms with van der Waals surface area (Å²) in [6.45, 7) is 3.12. The van der Waals surface area contributed by atoms with Gasteiger partial charge in [-0.3, -0.25) is 0 Å². The molecule has 0 bridgehead atoms. The van der Waals surface area contributed by atoms with Crippen LogP contribution in [0.2, 0.25) is 0 Å². The summed E-state index contributed by atoms with van der Waals surface area (Å²) in [6.07, 6.45) is 17.5. The van der Waals surface area contributed by atoms with E-state index in [2.05, 4.69) is 6.92 Å². The zero-order chi connectivity index (χ0) is 19.0. The summed E-state index contributed by atoms with van der Waals surface area (Å²) >= 11 is 5.17. The molecule has 0 fully saturated rings. The van der Waals surface area contributed by atoms with Gasteiger partial charge in [0.15, 0.2) is 5.11 Å². The van der Waals surface area contributed by atoms with Crippen LogP contribution in [0.15, 0.2) is 24.3 Å². The topological polar surface area (TPSA) is 49.5 Å². The van der Waals surface area contributed by atoms with Crippen molar-refractivity contribution in [1.82, 2.24) is 0 Å². The van der Waals surface area contributed by atoms with Gasteiger partial charge in [0.2, 0.25) is 0 Å². The van der Waals surface area contributed by atoms with E-state index in [1.165, 1.54) is 77.0 Å². The van der Waals surface area contributed by atoms with Gasteiger partial charge in [0.05, 0.1) is 0 Å². The molecule has 0 aliphatic heterocycles. The molecule has 0 saturated carbocycles. The Morgan fingerprint density at radius 1 is 0.808 bits per heavy atom. The Morgan fingerprint density at radius 3 is 1.65 bits per heavy atom. The maximum atomic E-state index is 9.39. The van der Waals surface area contributed by atoms with Gasteiger partial charge in [-0.2, -0.15) is 0 Å². The number of nitrogens with zero attached hydrogens (tertiary/aromatic N) is 1. The first-order chi connectivity index (χ1) is 12.6. The molecular formula is C22H38N2OS. The normalized spacial score (nSPS) is 10.8. The Bertz CT molecular complexity index is 476. The summed E-state index contributed by atoms with van der Waals surface area (Å²) < 4.78 is 0. The molecule has 1 rings (SSSR count). The molecule has 3 nitrogen and oxygen atoms in total. The van der Waals surface area contributed by atoms with Gasteiger partial charge in [-0.25, -0.2) is 0 Å². The van der Waals surface area contributed by atoms with Crippen LogP contribution >= 0.6 is 12.2 Å². The molecule has 0 saturated heterocycles. The molecule has 0 aromatic heterocycles. The number of unbranched alkanes of at least 4 members (excludes halogenated alkanes) is 12. The second kappa shape index (κ2) is 14.8. The lowest BCUT2D eigenvalue weighted by Crippen LogP contribution is -2.36. The first-order valence-electron chi connectivity index (χ1n) is 10.5. The van der Waals surface area contributed by atoms with Crippen molar-refractivity contribution in [2.24, 2.45) is 5.73 Å². The van der Waals surface area contributed by atoms with Crippen LogP contribution < -0.4 is 10.6 Å². The standard InChI is InChI=1S/C22H38N2OS/c1-2-3-4-5-6-7-8-9-10-11-12-13-14-19-24(22(23)26)20-15-17-21(25)18-16-20/h15-18,25H,2-14,19H2,1H3,(H2,23,26). The minimum atomic E-state index is 0.262. The zero-order valence-electron chi connectivity index (χ0n) is 16.6.